The smallest absolute Gasteiger partial charge is 0.195 e. The van der Waals surface area contributed by atoms with Crippen LogP contribution in [-0.4, -0.2) is 65.8 Å². The Labute approximate surface area is 189 Å². The Morgan fingerprint density at radius 2 is 1.81 bits per heavy atom. The first kappa shape index (κ1) is 23.7. The largest absolute Gasteiger partial charge is 0.494 e. The van der Waals surface area contributed by atoms with E-state index in [1.54, 1.807) is 7.11 Å². The molecular weight excluding hydrogens is 410 g/mol. The number of nitrogens with zero attached hydrogens (tertiary/aromatic N) is 1. The average molecular weight is 444 g/mol. The molecule has 0 aliphatic carbocycles. The normalized spacial score (nSPS) is 13.3. The van der Waals surface area contributed by atoms with Crippen LogP contribution in [0.4, 0.5) is 5.69 Å². The number of aliphatic imine (C=N–C) groups is 1. The van der Waals surface area contributed by atoms with E-state index in [0.29, 0.717) is 58.7 Å². The van der Waals surface area contributed by atoms with Crippen LogP contribution in [-0.2, 0) is 9.47 Å². The monoisotopic (exact) mass is 443 g/mol. The molecular formula is C24H33N3O5. The van der Waals surface area contributed by atoms with E-state index >= 15 is 0 Å². The van der Waals surface area contributed by atoms with E-state index in [1.807, 2.05) is 48.5 Å². The lowest BCUT2D eigenvalue weighted by molar-refractivity contribution is 0.0734. The van der Waals surface area contributed by atoms with Crippen molar-refractivity contribution in [1.82, 2.24) is 5.32 Å². The van der Waals surface area contributed by atoms with E-state index in [2.05, 4.69) is 15.6 Å². The molecule has 2 N–H and O–H groups in total. The van der Waals surface area contributed by atoms with Crippen molar-refractivity contribution >= 4 is 11.6 Å². The van der Waals surface area contributed by atoms with Gasteiger partial charge in [0.15, 0.2) is 17.5 Å². The second-order valence-corrected chi connectivity index (χ2v) is 7.11. The summed E-state index contributed by atoms with van der Waals surface area (Å²) in [6.45, 7) is 4.87. The molecule has 8 nitrogen and oxygen atoms in total. The van der Waals surface area contributed by atoms with E-state index < -0.39 is 0 Å². The lowest BCUT2D eigenvalue weighted by Gasteiger charge is -2.15. The molecule has 2 aromatic carbocycles. The Morgan fingerprint density at radius 1 is 0.969 bits per heavy atom. The van der Waals surface area contributed by atoms with Gasteiger partial charge in [0.05, 0.1) is 39.6 Å². The predicted octanol–water partition coefficient (Wildman–Crippen LogP) is 3.34. The predicted molar refractivity (Wildman–Crippen MR) is 125 cm³/mol. The Hall–Kier alpha value is -2.97. The van der Waals surface area contributed by atoms with Gasteiger partial charge in [-0.1, -0.05) is 18.2 Å². The summed E-state index contributed by atoms with van der Waals surface area (Å²) in [5.74, 6) is 3.05. The number of hydrogen-bond acceptors (Lipinski definition) is 6. The van der Waals surface area contributed by atoms with Crippen LogP contribution < -0.4 is 24.8 Å². The van der Waals surface area contributed by atoms with Crippen LogP contribution >= 0.6 is 0 Å². The van der Waals surface area contributed by atoms with Crippen LogP contribution in [0.1, 0.15) is 12.8 Å². The fourth-order valence-electron chi connectivity index (χ4n) is 2.97. The van der Waals surface area contributed by atoms with Gasteiger partial charge < -0.3 is 34.3 Å². The summed E-state index contributed by atoms with van der Waals surface area (Å²) in [4.78, 5) is 4.68. The lowest BCUT2D eigenvalue weighted by atomic mass is 10.3. The molecule has 0 atom stereocenters. The van der Waals surface area contributed by atoms with Crippen molar-refractivity contribution in [3.8, 4) is 17.2 Å². The summed E-state index contributed by atoms with van der Waals surface area (Å²) in [5.41, 5.74) is 0.876. The number of ether oxygens (including phenoxy) is 5. The van der Waals surface area contributed by atoms with Gasteiger partial charge in [-0.05, 0) is 24.3 Å². The zero-order chi connectivity index (χ0) is 22.3. The maximum absolute atomic E-state index is 5.79. The molecule has 0 radical (unpaired) electrons. The number of para-hydroxylation sites is 1. The van der Waals surface area contributed by atoms with Gasteiger partial charge in [0, 0.05) is 44.8 Å². The first-order chi connectivity index (χ1) is 15.8. The molecule has 0 fully saturated rings. The highest BCUT2D eigenvalue weighted by atomic mass is 16.5. The van der Waals surface area contributed by atoms with Gasteiger partial charge in [-0.2, -0.15) is 0 Å². The topological polar surface area (TPSA) is 82.6 Å². The van der Waals surface area contributed by atoms with Crippen LogP contribution in [0.25, 0.3) is 0 Å². The number of benzene rings is 2. The molecule has 1 heterocycles. The molecule has 0 aromatic heterocycles. The number of anilines is 1. The molecule has 8 heteroatoms. The number of methoxy groups -OCH3 is 1. The standard InChI is InChI=1S/C24H33N3O5/c1-28-17-18-29-16-12-26-24(25-11-5-13-30-21-7-3-2-4-8-21)27-20-9-10-22-23(19-20)32-15-6-14-31-22/h2-4,7-10,19H,5-6,11-18H2,1H3,(H2,25,26,27). The van der Waals surface area contributed by atoms with Crippen molar-refractivity contribution in [2.24, 2.45) is 4.99 Å². The fourth-order valence-corrected chi connectivity index (χ4v) is 2.97. The molecule has 1 aliphatic rings. The molecule has 0 unspecified atom stereocenters. The first-order valence-electron chi connectivity index (χ1n) is 11.0. The first-order valence-corrected chi connectivity index (χ1v) is 11.0. The number of guanidine groups is 1. The van der Waals surface area contributed by atoms with Gasteiger partial charge in [0.1, 0.15) is 5.75 Å². The van der Waals surface area contributed by atoms with Crippen LogP contribution in [0.2, 0.25) is 0 Å². The Morgan fingerprint density at radius 3 is 2.66 bits per heavy atom. The van der Waals surface area contributed by atoms with Crippen LogP contribution in [0, 0.1) is 0 Å². The lowest BCUT2D eigenvalue weighted by Crippen LogP contribution is -2.34. The summed E-state index contributed by atoms with van der Waals surface area (Å²) in [6, 6.07) is 15.6. The highest BCUT2D eigenvalue weighted by molar-refractivity contribution is 5.93. The van der Waals surface area contributed by atoms with Crippen molar-refractivity contribution in [3.63, 3.8) is 0 Å². The quantitative estimate of drug-likeness (QED) is 0.296. The Bertz CT molecular complexity index is 817. The molecule has 0 spiro atoms. The minimum atomic E-state index is 0.558. The van der Waals surface area contributed by atoms with Crippen molar-refractivity contribution in [1.29, 1.82) is 0 Å². The summed E-state index contributed by atoms with van der Waals surface area (Å²) >= 11 is 0. The molecule has 0 saturated heterocycles. The van der Waals surface area contributed by atoms with E-state index in [-0.39, 0.29) is 0 Å². The molecule has 0 saturated carbocycles. The van der Waals surface area contributed by atoms with E-state index in [1.165, 1.54) is 0 Å². The minimum absolute atomic E-state index is 0.558. The van der Waals surface area contributed by atoms with E-state index in [4.69, 9.17) is 23.7 Å². The zero-order valence-corrected chi connectivity index (χ0v) is 18.7. The van der Waals surface area contributed by atoms with Gasteiger partial charge in [-0.15, -0.1) is 0 Å². The van der Waals surface area contributed by atoms with Gasteiger partial charge in [0.2, 0.25) is 0 Å². The van der Waals surface area contributed by atoms with E-state index in [0.717, 1.165) is 35.8 Å². The number of rotatable bonds is 12. The fraction of sp³-hybridized carbons (Fsp3) is 0.458. The second-order valence-electron chi connectivity index (χ2n) is 7.11. The number of fused-ring (bicyclic) bond motifs is 1. The van der Waals surface area contributed by atoms with Crippen molar-refractivity contribution in [2.75, 3.05) is 65.2 Å². The summed E-state index contributed by atoms with van der Waals surface area (Å²) < 4.78 is 27.8. The minimum Gasteiger partial charge on any atom is -0.494 e. The summed E-state index contributed by atoms with van der Waals surface area (Å²) in [5, 5.41) is 6.65. The summed E-state index contributed by atoms with van der Waals surface area (Å²) in [6.07, 6.45) is 1.67. The van der Waals surface area contributed by atoms with Gasteiger partial charge in [-0.25, -0.2) is 0 Å². The third-order valence-electron chi connectivity index (χ3n) is 4.57. The van der Waals surface area contributed by atoms with Crippen LogP contribution in [0.15, 0.2) is 53.5 Å². The van der Waals surface area contributed by atoms with Crippen LogP contribution in [0.5, 0.6) is 17.2 Å². The highest BCUT2D eigenvalue weighted by Gasteiger charge is 2.11. The molecule has 3 rings (SSSR count). The highest BCUT2D eigenvalue weighted by Crippen LogP contribution is 2.32. The van der Waals surface area contributed by atoms with E-state index in [9.17, 15) is 0 Å². The molecule has 32 heavy (non-hydrogen) atoms. The SMILES string of the molecule is COCCOCCNC(=NCCCOc1ccccc1)Nc1ccc2c(c1)OCCCO2. The molecule has 0 amide bonds. The third-order valence-corrected chi connectivity index (χ3v) is 4.57. The summed E-state index contributed by atoms with van der Waals surface area (Å²) in [7, 11) is 1.66. The third kappa shape index (κ3) is 8.64. The Balaban J connectivity index is 1.52. The van der Waals surface area contributed by atoms with Crippen molar-refractivity contribution in [3.05, 3.63) is 48.5 Å². The molecule has 1 aliphatic heterocycles. The van der Waals surface area contributed by atoms with Gasteiger partial charge in [0.25, 0.3) is 0 Å². The van der Waals surface area contributed by atoms with Gasteiger partial charge >= 0.3 is 0 Å². The van der Waals surface area contributed by atoms with Crippen molar-refractivity contribution in [2.45, 2.75) is 12.8 Å². The number of hydrogen-bond donors (Lipinski definition) is 2. The molecule has 174 valence electrons. The van der Waals surface area contributed by atoms with Gasteiger partial charge in [-0.3, -0.25) is 4.99 Å². The zero-order valence-electron chi connectivity index (χ0n) is 18.7. The van der Waals surface area contributed by atoms with Crippen molar-refractivity contribution < 1.29 is 23.7 Å². The maximum Gasteiger partial charge on any atom is 0.195 e. The average Bonchev–Trinajstić information content (AvgIpc) is 3.06. The maximum atomic E-state index is 5.79. The molecule has 0 bridgehead atoms. The van der Waals surface area contributed by atoms with Crippen LogP contribution in [0.3, 0.4) is 0 Å². The number of nitrogens with one attached hydrogen (secondary N) is 2. The second kappa shape index (κ2) is 14.2. The molecule has 2 aromatic rings. The Kier molecular flexibility index (Phi) is 10.5.